The molecule has 2 heterocycles. The first-order valence-electron chi connectivity index (χ1n) is 9.58. The lowest BCUT2D eigenvalue weighted by atomic mass is 9.85. The summed E-state index contributed by atoms with van der Waals surface area (Å²) in [5.74, 6) is 0.146. The Kier molecular flexibility index (Phi) is 5.37. The average Bonchev–Trinajstić information content (AvgIpc) is 3.14. The van der Waals surface area contributed by atoms with Gasteiger partial charge in [-0.25, -0.2) is 0 Å². The Balaban J connectivity index is 1.62. The number of piperazine rings is 1. The Morgan fingerprint density at radius 3 is 2.27 bits per heavy atom. The number of benzene rings is 1. The fourth-order valence-corrected chi connectivity index (χ4v) is 3.65. The monoisotopic (exact) mass is 358 g/mol. The van der Waals surface area contributed by atoms with Crippen LogP contribution in [0.5, 0.6) is 0 Å². The summed E-state index contributed by atoms with van der Waals surface area (Å²) in [4.78, 5) is 29.0. The van der Waals surface area contributed by atoms with Gasteiger partial charge in [-0.3, -0.25) is 9.59 Å². The molecule has 2 amide bonds. The van der Waals surface area contributed by atoms with E-state index in [0.717, 1.165) is 24.0 Å². The van der Waals surface area contributed by atoms with Gasteiger partial charge in [0.1, 0.15) is 6.10 Å². The van der Waals surface area contributed by atoms with Crippen LogP contribution in [0.25, 0.3) is 0 Å². The first kappa shape index (κ1) is 18.9. The zero-order chi connectivity index (χ0) is 18.9. The molecule has 0 bridgehead atoms. The van der Waals surface area contributed by atoms with E-state index in [4.69, 9.17) is 4.74 Å². The molecule has 2 aliphatic rings. The van der Waals surface area contributed by atoms with Gasteiger partial charge in [-0.15, -0.1) is 0 Å². The van der Waals surface area contributed by atoms with E-state index >= 15 is 0 Å². The summed E-state index contributed by atoms with van der Waals surface area (Å²) in [6, 6.07) is 6.12. The van der Waals surface area contributed by atoms with Crippen molar-refractivity contribution >= 4 is 11.8 Å². The molecule has 0 saturated carbocycles. The van der Waals surface area contributed by atoms with E-state index in [0.29, 0.717) is 32.8 Å². The van der Waals surface area contributed by atoms with Crippen LogP contribution in [-0.2, 0) is 14.9 Å². The summed E-state index contributed by atoms with van der Waals surface area (Å²) in [5.41, 5.74) is 3.08. The maximum absolute atomic E-state index is 12.9. The zero-order valence-electron chi connectivity index (χ0n) is 16.4. The molecule has 0 radical (unpaired) electrons. The summed E-state index contributed by atoms with van der Waals surface area (Å²) in [5, 5.41) is 0. The highest BCUT2D eigenvalue weighted by atomic mass is 16.5. The van der Waals surface area contributed by atoms with Crippen LogP contribution in [0.4, 0.5) is 0 Å². The summed E-state index contributed by atoms with van der Waals surface area (Å²) in [6.07, 6.45) is 1.50. The molecule has 26 heavy (non-hydrogen) atoms. The van der Waals surface area contributed by atoms with Crippen LogP contribution in [0, 0.1) is 6.92 Å². The Hall–Kier alpha value is -1.88. The molecular formula is C21H30N2O3. The number of amides is 2. The van der Waals surface area contributed by atoms with Crippen LogP contribution in [0.1, 0.15) is 55.1 Å². The van der Waals surface area contributed by atoms with Gasteiger partial charge in [-0.2, -0.15) is 0 Å². The van der Waals surface area contributed by atoms with E-state index in [1.54, 1.807) is 0 Å². The second-order valence-corrected chi connectivity index (χ2v) is 8.40. The van der Waals surface area contributed by atoms with Crippen LogP contribution in [-0.4, -0.2) is 60.5 Å². The normalized spacial score (nSPS) is 21.2. The first-order chi connectivity index (χ1) is 12.3. The van der Waals surface area contributed by atoms with Gasteiger partial charge in [-0.1, -0.05) is 32.9 Å². The number of hydrogen-bond donors (Lipinski definition) is 0. The van der Waals surface area contributed by atoms with Crippen molar-refractivity contribution in [1.29, 1.82) is 0 Å². The highest BCUT2D eigenvalue weighted by Crippen LogP contribution is 2.25. The molecule has 1 aromatic rings. The van der Waals surface area contributed by atoms with Gasteiger partial charge < -0.3 is 14.5 Å². The second kappa shape index (κ2) is 7.39. The summed E-state index contributed by atoms with van der Waals surface area (Å²) in [6.45, 7) is 11.5. The molecule has 2 saturated heterocycles. The van der Waals surface area contributed by atoms with Gasteiger partial charge in [0.25, 0.3) is 11.8 Å². The molecule has 0 aromatic heterocycles. The van der Waals surface area contributed by atoms with E-state index in [1.807, 2.05) is 22.8 Å². The lowest BCUT2D eigenvalue weighted by Crippen LogP contribution is -2.52. The molecular weight excluding hydrogens is 328 g/mol. The van der Waals surface area contributed by atoms with Crippen molar-refractivity contribution in [3.8, 4) is 0 Å². The van der Waals surface area contributed by atoms with Crippen LogP contribution in [0.15, 0.2) is 18.2 Å². The number of ether oxygens (including phenoxy) is 1. The summed E-state index contributed by atoms with van der Waals surface area (Å²) >= 11 is 0. The molecule has 3 rings (SSSR count). The van der Waals surface area contributed by atoms with E-state index in [1.165, 1.54) is 5.56 Å². The fourth-order valence-electron chi connectivity index (χ4n) is 3.65. The number of rotatable bonds is 2. The van der Waals surface area contributed by atoms with Gasteiger partial charge in [0.15, 0.2) is 0 Å². The van der Waals surface area contributed by atoms with Crippen molar-refractivity contribution in [3.05, 3.63) is 34.9 Å². The van der Waals surface area contributed by atoms with E-state index in [9.17, 15) is 9.59 Å². The maximum Gasteiger partial charge on any atom is 0.254 e. The Bertz CT molecular complexity index is 679. The molecule has 142 valence electrons. The third-order valence-corrected chi connectivity index (χ3v) is 5.41. The smallest absolute Gasteiger partial charge is 0.254 e. The van der Waals surface area contributed by atoms with Crippen molar-refractivity contribution in [1.82, 2.24) is 9.80 Å². The molecule has 0 aliphatic carbocycles. The molecule has 1 aromatic carbocycles. The third-order valence-electron chi connectivity index (χ3n) is 5.41. The van der Waals surface area contributed by atoms with E-state index in [-0.39, 0.29) is 23.3 Å². The molecule has 2 fully saturated rings. The van der Waals surface area contributed by atoms with Crippen LogP contribution >= 0.6 is 0 Å². The lowest BCUT2D eigenvalue weighted by Gasteiger charge is -2.36. The van der Waals surface area contributed by atoms with Gasteiger partial charge >= 0.3 is 0 Å². The fraction of sp³-hybridized carbons (Fsp3) is 0.619. The predicted molar refractivity (Wildman–Crippen MR) is 101 cm³/mol. The number of hydrogen-bond acceptors (Lipinski definition) is 3. The highest BCUT2D eigenvalue weighted by Gasteiger charge is 2.31. The predicted octanol–water partition coefficient (Wildman–Crippen LogP) is 2.76. The molecule has 0 spiro atoms. The molecule has 1 unspecified atom stereocenters. The Morgan fingerprint density at radius 2 is 1.73 bits per heavy atom. The van der Waals surface area contributed by atoms with E-state index < -0.39 is 0 Å². The van der Waals surface area contributed by atoms with Crippen LogP contribution in [0.2, 0.25) is 0 Å². The number of carbonyl (C=O) groups is 2. The largest absolute Gasteiger partial charge is 0.368 e. The van der Waals surface area contributed by atoms with Gasteiger partial charge in [-0.05, 0) is 42.4 Å². The van der Waals surface area contributed by atoms with Crippen LogP contribution < -0.4 is 0 Å². The average molecular weight is 358 g/mol. The summed E-state index contributed by atoms with van der Waals surface area (Å²) in [7, 11) is 0. The quantitative estimate of drug-likeness (QED) is 0.817. The number of aryl methyl sites for hydroxylation is 1. The SMILES string of the molecule is Cc1cc(C(C)(C)C)ccc1C(=O)N1CCN(C(=O)C2CCCO2)CC1. The molecule has 5 heteroatoms. The first-order valence-corrected chi connectivity index (χ1v) is 9.58. The number of carbonyl (C=O) groups excluding carboxylic acids is 2. The van der Waals surface area contributed by atoms with Gasteiger partial charge in [0.05, 0.1) is 0 Å². The minimum absolute atomic E-state index is 0.0622. The van der Waals surface area contributed by atoms with Crippen molar-refractivity contribution in [2.75, 3.05) is 32.8 Å². The number of nitrogens with zero attached hydrogens (tertiary/aromatic N) is 2. The van der Waals surface area contributed by atoms with Gasteiger partial charge in [0, 0.05) is 38.3 Å². The standard InChI is InChI=1S/C21H30N2O3/c1-15-14-16(21(2,3)4)7-8-17(15)19(24)22-9-11-23(12-10-22)20(25)18-6-5-13-26-18/h7-8,14,18H,5-6,9-13H2,1-4H3. The topological polar surface area (TPSA) is 49.9 Å². The second-order valence-electron chi connectivity index (χ2n) is 8.40. The lowest BCUT2D eigenvalue weighted by molar-refractivity contribution is -0.142. The molecule has 1 atom stereocenters. The third kappa shape index (κ3) is 3.93. The Morgan fingerprint density at radius 1 is 1.08 bits per heavy atom. The van der Waals surface area contributed by atoms with Crippen molar-refractivity contribution in [2.24, 2.45) is 0 Å². The van der Waals surface area contributed by atoms with Crippen LogP contribution in [0.3, 0.4) is 0 Å². The minimum atomic E-state index is -0.274. The highest BCUT2D eigenvalue weighted by molar-refractivity contribution is 5.96. The van der Waals surface area contributed by atoms with Gasteiger partial charge in [0.2, 0.25) is 0 Å². The Labute approximate surface area is 156 Å². The van der Waals surface area contributed by atoms with Crippen molar-refractivity contribution < 1.29 is 14.3 Å². The maximum atomic E-state index is 12.9. The van der Waals surface area contributed by atoms with Crippen molar-refractivity contribution in [2.45, 2.75) is 52.1 Å². The molecule has 0 N–H and O–H groups in total. The summed E-state index contributed by atoms with van der Waals surface area (Å²) < 4.78 is 5.49. The minimum Gasteiger partial charge on any atom is -0.368 e. The molecule has 2 aliphatic heterocycles. The van der Waals surface area contributed by atoms with E-state index in [2.05, 4.69) is 32.9 Å². The zero-order valence-corrected chi connectivity index (χ0v) is 16.4. The van der Waals surface area contributed by atoms with Crippen molar-refractivity contribution in [3.63, 3.8) is 0 Å². The molecule has 5 nitrogen and oxygen atoms in total.